The molecular weight excluding hydrogens is 486 g/mol. The zero-order valence-electron chi connectivity index (χ0n) is 18.5. The van der Waals surface area contributed by atoms with Crippen LogP contribution in [0.15, 0.2) is 77.3 Å². The van der Waals surface area contributed by atoms with Crippen molar-refractivity contribution in [1.82, 2.24) is 10.3 Å². The van der Waals surface area contributed by atoms with E-state index in [4.69, 9.17) is 28.2 Å². The van der Waals surface area contributed by atoms with Gasteiger partial charge in [-0.25, -0.2) is 4.79 Å². The summed E-state index contributed by atoms with van der Waals surface area (Å²) >= 11 is 11.9. The number of nitrogens with zero attached hydrogens (tertiary/aromatic N) is 2. The van der Waals surface area contributed by atoms with Crippen LogP contribution in [-0.4, -0.2) is 26.3 Å². The van der Waals surface area contributed by atoms with Gasteiger partial charge in [-0.1, -0.05) is 23.7 Å². The van der Waals surface area contributed by atoms with E-state index in [0.717, 1.165) is 16.8 Å². The molecule has 0 spiro atoms. The highest BCUT2D eigenvalue weighted by Crippen LogP contribution is 2.46. The van der Waals surface area contributed by atoms with Gasteiger partial charge < -0.3 is 24.8 Å². The number of aryl methyl sites for hydroxylation is 1. The Balaban J connectivity index is 1.61. The van der Waals surface area contributed by atoms with Gasteiger partial charge in [0, 0.05) is 16.8 Å². The summed E-state index contributed by atoms with van der Waals surface area (Å²) in [7, 11) is 0. The molecule has 35 heavy (non-hydrogen) atoms. The van der Waals surface area contributed by atoms with Gasteiger partial charge in [-0.3, -0.25) is 4.98 Å². The van der Waals surface area contributed by atoms with E-state index in [-0.39, 0.29) is 17.4 Å². The molecule has 5 rings (SSSR count). The predicted octanol–water partition coefficient (Wildman–Crippen LogP) is 5.88. The molecule has 3 heterocycles. The first-order valence-electron chi connectivity index (χ1n) is 10.8. The molecule has 1 aliphatic heterocycles. The molecule has 2 atom stereocenters. The molecule has 7 nitrogen and oxygen atoms in total. The number of aromatic nitrogens is 1. The third-order valence-corrected chi connectivity index (χ3v) is 6.50. The van der Waals surface area contributed by atoms with E-state index in [1.807, 2.05) is 37.3 Å². The van der Waals surface area contributed by atoms with Crippen LogP contribution in [0.3, 0.4) is 0 Å². The fraction of sp³-hybridized carbons (Fsp3) is 0.115. The summed E-state index contributed by atoms with van der Waals surface area (Å²) in [5.74, 6) is 0.212. The summed E-state index contributed by atoms with van der Waals surface area (Å²) in [6, 6.07) is 18.1. The highest BCUT2D eigenvalue weighted by Gasteiger charge is 2.43. The summed E-state index contributed by atoms with van der Waals surface area (Å²) < 4.78 is 6.33. The minimum absolute atomic E-state index is 0.0251. The first-order valence-corrected chi connectivity index (χ1v) is 11.6. The Bertz CT molecular complexity index is 1440. The number of phenols is 1. The van der Waals surface area contributed by atoms with Crippen molar-refractivity contribution in [2.24, 2.45) is 0 Å². The number of carboxylic acid groups (broad SMARTS) is 1. The van der Waals surface area contributed by atoms with Crippen molar-refractivity contribution in [1.29, 1.82) is 0 Å². The number of carboxylic acids is 1. The zero-order valence-corrected chi connectivity index (χ0v) is 20.0. The summed E-state index contributed by atoms with van der Waals surface area (Å²) in [6.45, 7) is 1.84. The van der Waals surface area contributed by atoms with Gasteiger partial charge >= 0.3 is 5.97 Å². The number of carbonyl (C=O) groups is 1. The Morgan fingerprint density at radius 2 is 1.97 bits per heavy atom. The maximum atomic E-state index is 11.3. The van der Waals surface area contributed by atoms with Crippen LogP contribution < -0.4 is 10.2 Å². The molecule has 1 aliphatic rings. The number of rotatable bonds is 5. The Morgan fingerprint density at radius 3 is 2.69 bits per heavy atom. The number of anilines is 1. The molecule has 4 aromatic rings. The lowest BCUT2D eigenvalue weighted by atomic mass is 10.0. The molecular formula is C26H20ClN3O4S. The number of furan rings is 1. The van der Waals surface area contributed by atoms with Crippen molar-refractivity contribution >= 4 is 40.6 Å². The Hall–Kier alpha value is -3.88. The van der Waals surface area contributed by atoms with Gasteiger partial charge in [0.1, 0.15) is 23.3 Å². The van der Waals surface area contributed by atoms with E-state index in [1.54, 1.807) is 41.4 Å². The van der Waals surface area contributed by atoms with Gasteiger partial charge in [0.25, 0.3) is 0 Å². The van der Waals surface area contributed by atoms with Crippen LogP contribution in [0, 0.1) is 6.92 Å². The van der Waals surface area contributed by atoms with E-state index >= 15 is 0 Å². The molecule has 0 saturated carbocycles. The zero-order chi connectivity index (χ0) is 24.7. The average Bonchev–Trinajstić information content (AvgIpc) is 3.45. The van der Waals surface area contributed by atoms with Crippen LogP contribution in [0.2, 0.25) is 5.02 Å². The summed E-state index contributed by atoms with van der Waals surface area (Å²) in [6.07, 6.45) is 1.71. The second kappa shape index (κ2) is 9.05. The summed E-state index contributed by atoms with van der Waals surface area (Å²) in [4.78, 5) is 17.6. The van der Waals surface area contributed by atoms with Crippen molar-refractivity contribution in [3.8, 4) is 17.1 Å². The SMILES string of the molecule is Cc1cc(C(=O)O)ccc1-c1ccc(C2C(c3ccccn3)NC(=S)N2c2cc(Cl)ccc2O)o1. The molecule has 1 saturated heterocycles. The van der Waals surface area contributed by atoms with Crippen LogP contribution in [0.4, 0.5) is 5.69 Å². The molecule has 0 radical (unpaired) electrons. The highest BCUT2D eigenvalue weighted by atomic mass is 35.5. The molecule has 9 heteroatoms. The second-order valence-electron chi connectivity index (χ2n) is 8.17. The van der Waals surface area contributed by atoms with Gasteiger partial charge in [-0.2, -0.15) is 0 Å². The van der Waals surface area contributed by atoms with E-state index in [1.165, 1.54) is 6.07 Å². The van der Waals surface area contributed by atoms with Crippen LogP contribution in [0.1, 0.15) is 39.5 Å². The van der Waals surface area contributed by atoms with Gasteiger partial charge in [-0.05, 0) is 79.3 Å². The lowest BCUT2D eigenvalue weighted by Crippen LogP contribution is -2.29. The minimum atomic E-state index is -0.986. The van der Waals surface area contributed by atoms with E-state index < -0.39 is 12.0 Å². The molecule has 2 aromatic carbocycles. The predicted molar refractivity (Wildman–Crippen MR) is 137 cm³/mol. The van der Waals surface area contributed by atoms with E-state index in [0.29, 0.717) is 27.3 Å². The first kappa shape index (κ1) is 22.9. The van der Waals surface area contributed by atoms with Gasteiger partial charge in [0.2, 0.25) is 0 Å². The number of phenolic OH excluding ortho intramolecular Hbond substituents is 1. The molecule has 2 unspecified atom stereocenters. The number of aromatic carboxylic acids is 1. The molecule has 0 bridgehead atoms. The largest absolute Gasteiger partial charge is 0.506 e. The monoisotopic (exact) mass is 505 g/mol. The number of halogens is 1. The minimum Gasteiger partial charge on any atom is -0.506 e. The number of aromatic hydroxyl groups is 1. The lowest BCUT2D eigenvalue weighted by molar-refractivity contribution is 0.0696. The quantitative estimate of drug-likeness (QED) is 0.289. The number of hydrogen-bond acceptors (Lipinski definition) is 5. The lowest BCUT2D eigenvalue weighted by Gasteiger charge is -2.26. The number of benzene rings is 2. The number of nitrogens with one attached hydrogen (secondary N) is 1. The van der Waals surface area contributed by atoms with Crippen LogP contribution >= 0.6 is 23.8 Å². The van der Waals surface area contributed by atoms with Crippen LogP contribution in [0.25, 0.3) is 11.3 Å². The van der Waals surface area contributed by atoms with Crippen molar-refractivity contribution in [3.63, 3.8) is 0 Å². The Kier molecular flexibility index (Phi) is 5.92. The van der Waals surface area contributed by atoms with Crippen LogP contribution in [0.5, 0.6) is 5.75 Å². The number of hydrogen-bond donors (Lipinski definition) is 3. The van der Waals surface area contributed by atoms with Gasteiger partial charge in [-0.15, -0.1) is 0 Å². The molecule has 176 valence electrons. The maximum Gasteiger partial charge on any atom is 0.335 e. The summed E-state index contributed by atoms with van der Waals surface area (Å²) in [5.41, 5.74) is 2.96. The topological polar surface area (TPSA) is 98.8 Å². The fourth-order valence-corrected chi connectivity index (χ4v) is 4.83. The van der Waals surface area contributed by atoms with Gasteiger partial charge in [0.05, 0.1) is 23.0 Å². The van der Waals surface area contributed by atoms with Crippen molar-refractivity contribution < 1.29 is 19.4 Å². The van der Waals surface area contributed by atoms with E-state index in [2.05, 4.69) is 10.3 Å². The second-order valence-corrected chi connectivity index (χ2v) is 8.99. The number of thiocarbonyl (C=S) groups is 1. The maximum absolute atomic E-state index is 11.3. The summed E-state index contributed by atoms with van der Waals surface area (Å²) in [5, 5.41) is 24.1. The molecule has 3 N–H and O–H groups in total. The van der Waals surface area contributed by atoms with Crippen molar-refractivity contribution in [2.75, 3.05) is 4.90 Å². The Labute approximate surface area is 211 Å². The van der Waals surface area contributed by atoms with Gasteiger partial charge in [0.15, 0.2) is 5.11 Å². The third-order valence-electron chi connectivity index (χ3n) is 5.95. The normalized spacial score (nSPS) is 17.4. The fourth-order valence-electron chi connectivity index (χ4n) is 4.32. The highest BCUT2D eigenvalue weighted by molar-refractivity contribution is 7.80. The smallest absolute Gasteiger partial charge is 0.335 e. The number of pyridine rings is 1. The van der Waals surface area contributed by atoms with Crippen LogP contribution in [-0.2, 0) is 0 Å². The van der Waals surface area contributed by atoms with E-state index in [9.17, 15) is 15.0 Å². The molecule has 0 amide bonds. The standard InChI is InChI=1S/C26H20ClN3O4S/c1-14-12-15(25(32)33)5-7-17(14)21-9-10-22(34-21)24-23(18-4-2-3-11-28-18)29-26(35)30(24)19-13-16(27)6-8-20(19)31/h2-13,23-24,31H,1H3,(H,29,35)(H,32,33). The first-order chi connectivity index (χ1) is 16.8. The third kappa shape index (κ3) is 4.22. The molecule has 2 aromatic heterocycles. The van der Waals surface area contributed by atoms with Crippen molar-refractivity contribution in [3.05, 3.63) is 101 Å². The average molecular weight is 506 g/mol. The molecule has 0 aliphatic carbocycles. The Morgan fingerprint density at radius 1 is 1.14 bits per heavy atom. The van der Waals surface area contributed by atoms with Crippen molar-refractivity contribution in [2.45, 2.75) is 19.0 Å². The molecule has 1 fully saturated rings.